The van der Waals surface area contributed by atoms with Gasteiger partial charge in [0.25, 0.3) is 21.9 Å². The van der Waals surface area contributed by atoms with Gasteiger partial charge in [0, 0.05) is 6.07 Å². The number of nitrogen functional groups attached to an aromatic ring is 1. The van der Waals surface area contributed by atoms with Gasteiger partial charge >= 0.3 is 0 Å². The number of rotatable bonds is 11. The van der Waals surface area contributed by atoms with E-state index in [1.807, 2.05) is 0 Å². The van der Waals surface area contributed by atoms with Gasteiger partial charge in [0.15, 0.2) is 30.1 Å². The molecule has 0 radical (unpaired) electrons. The van der Waals surface area contributed by atoms with Gasteiger partial charge in [-0.15, -0.1) is 0 Å². The number of hydrogen-bond donors (Lipinski definition) is 5. The van der Waals surface area contributed by atoms with E-state index in [1.54, 1.807) is 0 Å². The molecule has 5 rings (SSSR count). The van der Waals surface area contributed by atoms with Crippen LogP contribution in [0.5, 0.6) is 0 Å². The molecule has 19 nitrogen and oxygen atoms in total. The van der Waals surface area contributed by atoms with Gasteiger partial charge < -0.3 is 54.5 Å². The Balaban J connectivity index is 1.16. The van der Waals surface area contributed by atoms with Crippen LogP contribution in [-0.2, 0) is 32.0 Å². The molecule has 3 aromatic rings. The number of aromatic nitrogens is 4. The molecule has 2 fully saturated rings. The Kier molecular flexibility index (Phi) is 9.58. The fraction of sp³-hybridized carbons (Fsp3) is 0.500. The third kappa shape index (κ3) is 6.88. The molecular weight excluding hydrogens is 652 g/mol. The molecule has 0 aromatic carbocycles. The normalized spacial score (nSPS) is 31.6. The molecule has 0 amide bonds. The largest absolute Gasteiger partial charge is 0.756 e. The van der Waals surface area contributed by atoms with Crippen LogP contribution in [0.1, 0.15) is 34.5 Å². The van der Waals surface area contributed by atoms with Crippen LogP contribution >= 0.6 is 27.2 Å². The lowest BCUT2D eigenvalue weighted by Gasteiger charge is -2.31. The summed E-state index contributed by atoms with van der Waals surface area (Å²) in [5.74, 6) is -0.206. The standard InChI is InChI=1S/C22H27N5O14P2S/c1-9(28)10-3-2-4-27(5-10)22-18(32)16(30)12(40-22)7-38-43(35,36)41-42(33,34)37-6-11-15(29)17(31)19(39-11)20-13-14(26-44-20)21(23)25-8-24-13/h2-5,8,11-12,15-19,22,29-32H,6-7H2,1H3,(H3-,23,24,25,33,34,35,36)/p-1/t11-,12-,15+,16+,17?,18?,19-,22-/m1/s1. The first-order valence-corrected chi connectivity index (χ1v) is 16.4. The summed E-state index contributed by atoms with van der Waals surface area (Å²) >= 11 is 0.866. The highest BCUT2D eigenvalue weighted by molar-refractivity contribution is 7.59. The summed E-state index contributed by atoms with van der Waals surface area (Å²) < 4.78 is 54.2. The number of carbonyl (C=O) groups is 1. The topological polar surface area (TPSA) is 293 Å². The second-order valence-corrected chi connectivity index (χ2v) is 13.6. The number of fused-ring (bicyclic) bond motifs is 1. The second-order valence-electron chi connectivity index (χ2n) is 9.79. The maximum Gasteiger partial charge on any atom is 0.292 e. The molecule has 6 N–H and O–H groups in total. The van der Waals surface area contributed by atoms with Crippen molar-refractivity contribution in [2.45, 2.75) is 55.9 Å². The summed E-state index contributed by atoms with van der Waals surface area (Å²) in [6.07, 6.45) is -7.85. The van der Waals surface area contributed by atoms with Crippen LogP contribution in [0.2, 0.25) is 0 Å². The number of anilines is 1. The highest BCUT2D eigenvalue weighted by Crippen LogP contribution is 2.56. The van der Waals surface area contributed by atoms with Gasteiger partial charge in [0.1, 0.15) is 54.0 Å². The third-order valence-corrected chi connectivity index (χ3v) is 10.2. The van der Waals surface area contributed by atoms with Crippen molar-refractivity contribution >= 4 is 49.8 Å². The molecule has 240 valence electrons. The zero-order valence-corrected chi connectivity index (χ0v) is 25.1. The predicted molar refractivity (Wildman–Crippen MR) is 140 cm³/mol. The number of hydrogen-bond acceptors (Lipinski definition) is 19. The van der Waals surface area contributed by atoms with Crippen molar-refractivity contribution in [3.05, 3.63) is 41.3 Å². The molecule has 3 aromatic heterocycles. The zero-order chi connectivity index (χ0) is 32.0. The van der Waals surface area contributed by atoms with Crippen LogP contribution in [-0.4, -0.2) is 90.4 Å². The zero-order valence-electron chi connectivity index (χ0n) is 22.5. The lowest BCUT2D eigenvalue weighted by Crippen LogP contribution is -2.46. The molecule has 2 saturated heterocycles. The average molecular weight is 678 g/mol. The summed E-state index contributed by atoms with van der Waals surface area (Å²) in [5.41, 5.74) is 6.52. The van der Waals surface area contributed by atoms with E-state index in [4.69, 9.17) is 15.2 Å². The van der Waals surface area contributed by atoms with Crippen molar-refractivity contribution in [1.29, 1.82) is 0 Å². The quantitative estimate of drug-likeness (QED) is 0.0804. The number of nitrogens with two attached hydrogens (primary N) is 1. The van der Waals surface area contributed by atoms with Gasteiger partial charge in [-0.1, -0.05) is 0 Å². The Morgan fingerprint density at radius 3 is 2.32 bits per heavy atom. The fourth-order valence-electron chi connectivity index (χ4n) is 4.56. The monoisotopic (exact) mass is 678 g/mol. The molecule has 0 saturated carbocycles. The first-order valence-electron chi connectivity index (χ1n) is 12.7. The van der Waals surface area contributed by atoms with Gasteiger partial charge in [-0.05, 0) is 24.5 Å². The number of ether oxygens (including phenoxy) is 2. The molecule has 22 heteroatoms. The van der Waals surface area contributed by atoms with Crippen LogP contribution < -0.4 is 20.1 Å². The molecule has 5 heterocycles. The van der Waals surface area contributed by atoms with Crippen LogP contribution in [0.15, 0.2) is 30.9 Å². The van der Waals surface area contributed by atoms with Gasteiger partial charge in [-0.3, -0.25) is 13.9 Å². The number of aliphatic hydroxyl groups is 4. The Morgan fingerprint density at radius 1 is 1.02 bits per heavy atom. The minimum atomic E-state index is -5.66. The van der Waals surface area contributed by atoms with Gasteiger partial charge in [-0.25, -0.2) is 14.3 Å². The first-order chi connectivity index (χ1) is 20.7. The summed E-state index contributed by atoms with van der Waals surface area (Å²) in [7, 11) is -11.3. The van der Waals surface area contributed by atoms with Crippen LogP contribution in [0.25, 0.3) is 11.0 Å². The lowest BCUT2D eigenvalue weighted by atomic mass is 10.1. The number of phosphoric ester groups is 2. The minimum absolute atomic E-state index is 0.0717. The van der Waals surface area contributed by atoms with E-state index in [0.29, 0.717) is 0 Å². The number of ketones is 1. The first kappa shape index (κ1) is 33.0. The Hall–Kier alpha value is -2.39. The second kappa shape index (κ2) is 12.8. The average Bonchev–Trinajstić information content (AvgIpc) is 3.61. The van der Waals surface area contributed by atoms with E-state index >= 15 is 0 Å². The van der Waals surface area contributed by atoms with Crippen molar-refractivity contribution in [3.8, 4) is 0 Å². The highest BCUT2D eigenvalue weighted by Gasteiger charge is 2.49. The molecule has 0 bridgehead atoms. The molecule has 2 aliphatic heterocycles. The Bertz CT molecular complexity index is 1630. The van der Waals surface area contributed by atoms with Crippen LogP contribution in [0.3, 0.4) is 0 Å². The smallest absolute Gasteiger partial charge is 0.292 e. The van der Waals surface area contributed by atoms with E-state index in [2.05, 4.69) is 27.7 Å². The summed E-state index contributed by atoms with van der Waals surface area (Å²) in [6.45, 7) is -0.600. The minimum Gasteiger partial charge on any atom is -0.756 e. The van der Waals surface area contributed by atoms with Gasteiger partial charge in [0.05, 0.1) is 23.7 Å². The van der Waals surface area contributed by atoms with E-state index in [0.717, 1.165) is 17.9 Å². The van der Waals surface area contributed by atoms with Crippen molar-refractivity contribution in [1.82, 2.24) is 14.3 Å². The van der Waals surface area contributed by atoms with Gasteiger partial charge in [-0.2, -0.15) is 8.94 Å². The fourth-order valence-corrected chi connectivity index (χ4v) is 7.48. The number of Topliss-reactive ketones (excluding diaryl/α,β-unsaturated/α-hetero) is 1. The highest BCUT2D eigenvalue weighted by atomic mass is 32.1. The molecule has 10 atom stereocenters. The number of aliphatic hydroxyl groups excluding tert-OH is 4. The van der Waals surface area contributed by atoms with E-state index in [-0.39, 0.29) is 33.1 Å². The Morgan fingerprint density at radius 2 is 1.66 bits per heavy atom. The molecule has 0 spiro atoms. The summed E-state index contributed by atoms with van der Waals surface area (Å²) in [4.78, 5) is 44.3. The summed E-state index contributed by atoms with van der Waals surface area (Å²) in [6, 6.07) is 3.01. The molecule has 44 heavy (non-hydrogen) atoms. The van der Waals surface area contributed by atoms with E-state index in [9.17, 15) is 44.1 Å². The number of carbonyl (C=O) groups excluding carboxylic acids is 1. The van der Waals surface area contributed by atoms with Crippen LogP contribution in [0.4, 0.5) is 5.82 Å². The maximum atomic E-state index is 12.3. The summed E-state index contributed by atoms with van der Waals surface area (Å²) in [5, 5.41) is 41.6. The molecule has 2 aliphatic rings. The van der Waals surface area contributed by atoms with E-state index in [1.165, 1.54) is 36.0 Å². The van der Waals surface area contributed by atoms with Crippen LogP contribution in [0, 0.1) is 0 Å². The number of phosphoric acid groups is 2. The van der Waals surface area contributed by atoms with Crippen molar-refractivity contribution < 1.29 is 71.5 Å². The Labute approximate surface area is 251 Å². The SMILES string of the molecule is CC(=O)c1ccc[n+]([C@@H]2O[C@H](COP(=O)([O-])OP(=O)([O-])OC[C@H]3O[C@@H](c4snc5c(N)ncnc45)C(O)[C@H]3O)[C@H](O)C2O)c1. The van der Waals surface area contributed by atoms with Gasteiger partial charge in [0.2, 0.25) is 0 Å². The molecule has 0 aliphatic carbocycles. The number of pyridine rings is 1. The van der Waals surface area contributed by atoms with Crippen molar-refractivity contribution in [3.63, 3.8) is 0 Å². The third-order valence-electron chi connectivity index (χ3n) is 6.79. The maximum absolute atomic E-state index is 12.3. The lowest BCUT2D eigenvalue weighted by molar-refractivity contribution is -0.765. The van der Waals surface area contributed by atoms with Crippen molar-refractivity contribution in [2.24, 2.45) is 0 Å². The molecule has 4 unspecified atom stereocenters. The van der Waals surface area contributed by atoms with E-state index < -0.39 is 77.8 Å². The predicted octanol–water partition coefficient (Wildman–Crippen LogP) is -2.37. The molecular formula is C22H26N5O14P2S-. The number of nitrogens with zero attached hydrogens (tertiary/aromatic N) is 4. The van der Waals surface area contributed by atoms with Crippen molar-refractivity contribution in [2.75, 3.05) is 18.9 Å².